The summed E-state index contributed by atoms with van der Waals surface area (Å²) >= 11 is 2.99. The van der Waals surface area contributed by atoms with Crippen LogP contribution < -0.4 is 5.32 Å². The topological polar surface area (TPSA) is 52.9 Å². The molecule has 0 radical (unpaired) electrons. The molecule has 3 aromatic rings. The number of carbonyl (C=O) groups excluding carboxylic acids is 1. The van der Waals surface area contributed by atoms with Crippen molar-refractivity contribution in [3.63, 3.8) is 0 Å². The van der Waals surface area contributed by atoms with E-state index in [9.17, 15) is 10.1 Å². The number of nitriles is 1. The lowest BCUT2D eigenvalue weighted by Crippen LogP contribution is -2.13. The van der Waals surface area contributed by atoms with Gasteiger partial charge in [0.05, 0.1) is 11.1 Å². The number of amides is 1. The van der Waals surface area contributed by atoms with Crippen LogP contribution in [0.25, 0.3) is 11.1 Å². The predicted molar refractivity (Wildman–Crippen MR) is 110 cm³/mol. The van der Waals surface area contributed by atoms with E-state index in [1.807, 2.05) is 31.5 Å². The first-order valence-corrected chi connectivity index (χ1v) is 10.2. The van der Waals surface area contributed by atoms with E-state index in [0.717, 1.165) is 34.2 Å². The number of benzene rings is 1. The molecule has 3 nitrogen and oxygen atoms in total. The molecule has 0 aliphatic carbocycles. The zero-order valence-electron chi connectivity index (χ0n) is 15.3. The van der Waals surface area contributed by atoms with Crippen LogP contribution in [0.2, 0.25) is 0 Å². The average molecular weight is 381 g/mol. The van der Waals surface area contributed by atoms with Gasteiger partial charge in [-0.05, 0) is 43.9 Å². The molecule has 0 fully saturated rings. The Kier molecular flexibility index (Phi) is 5.26. The SMILES string of the molecule is CCc1c(C(=O)Nc2scc(-c3cc(C)ccc3C)c2C#N)csc1C. The van der Waals surface area contributed by atoms with Gasteiger partial charge in [-0.1, -0.05) is 30.7 Å². The number of hydrogen-bond acceptors (Lipinski definition) is 4. The maximum atomic E-state index is 12.7. The van der Waals surface area contributed by atoms with Crippen molar-refractivity contribution in [3.05, 3.63) is 61.7 Å². The first-order chi connectivity index (χ1) is 12.5. The minimum Gasteiger partial charge on any atom is -0.312 e. The van der Waals surface area contributed by atoms with Crippen molar-refractivity contribution >= 4 is 33.6 Å². The van der Waals surface area contributed by atoms with Crippen molar-refractivity contribution < 1.29 is 4.79 Å². The average Bonchev–Trinajstić information content (AvgIpc) is 3.19. The number of carbonyl (C=O) groups is 1. The maximum Gasteiger partial charge on any atom is 0.257 e. The Labute approximate surface area is 161 Å². The Balaban J connectivity index is 1.98. The highest BCUT2D eigenvalue weighted by Gasteiger charge is 2.19. The molecule has 26 heavy (non-hydrogen) atoms. The van der Waals surface area contributed by atoms with E-state index >= 15 is 0 Å². The number of thiophene rings is 2. The number of nitrogens with one attached hydrogen (secondary N) is 1. The predicted octanol–water partition coefficient (Wildman–Crippen LogP) is 6.09. The normalized spacial score (nSPS) is 10.6. The van der Waals surface area contributed by atoms with Gasteiger partial charge in [-0.3, -0.25) is 4.79 Å². The standard InChI is InChI=1S/C21H20N2OS2/c1-5-15-14(4)25-11-19(15)20(24)23-21-17(9-22)18(10-26-21)16-8-12(2)6-7-13(16)3/h6-8,10-11H,5H2,1-4H3,(H,23,24). The van der Waals surface area contributed by atoms with Gasteiger partial charge in [0.2, 0.25) is 0 Å². The Bertz CT molecular complexity index is 1020. The van der Waals surface area contributed by atoms with Crippen LogP contribution in [0.4, 0.5) is 5.00 Å². The van der Waals surface area contributed by atoms with E-state index in [4.69, 9.17) is 0 Å². The van der Waals surface area contributed by atoms with Crippen molar-refractivity contribution in [2.75, 3.05) is 5.32 Å². The molecule has 0 atom stereocenters. The van der Waals surface area contributed by atoms with E-state index < -0.39 is 0 Å². The van der Waals surface area contributed by atoms with Crippen molar-refractivity contribution in [1.82, 2.24) is 0 Å². The van der Waals surface area contributed by atoms with E-state index in [0.29, 0.717) is 16.1 Å². The van der Waals surface area contributed by atoms with Gasteiger partial charge in [0.25, 0.3) is 5.91 Å². The molecule has 0 spiro atoms. The summed E-state index contributed by atoms with van der Waals surface area (Å²) in [6.07, 6.45) is 0.821. The van der Waals surface area contributed by atoms with Crippen LogP contribution in [-0.2, 0) is 6.42 Å². The third-order valence-corrected chi connectivity index (χ3v) is 6.36. The highest BCUT2D eigenvalue weighted by molar-refractivity contribution is 7.15. The third-order valence-electron chi connectivity index (χ3n) is 4.51. The fraction of sp³-hybridized carbons (Fsp3) is 0.238. The summed E-state index contributed by atoms with van der Waals surface area (Å²) in [5.41, 5.74) is 6.50. The lowest BCUT2D eigenvalue weighted by Gasteiger charge is -2.07. The second-order valence-corrected chi connectivity index (χ2v) is 8.24. The van der Waals surface area contributed by atoms with Gasteiger partial charge in [0, 0.05) is 21.2 Å². The van der Waals surface area contributed by atoms with Crippen LogP contribution in [0.3, 0.4) is 0 Å². The quantitative estimate of drug-likeness (QED) is 0.595. The van der Waals surface area contributed by atoms with Crippen molar-refractivity contribution in [2.24, 2.45) is 0 Å². The van der Waals surface area contributed by atoms with Gasteiger partial charge in [-0.2, -0.15) is 5.26 Å². The third kappa shape index (κ3) is 3.31. The molecular formula is C21H20N2OS2. The first-order valence-electron chi connectivity index (χ1n) is 8.43. The summed E-state index contributed by atoms with van der Waals surface area (Å²) in [7, 11) is 0. The second-order valence-electron chi connectivity index (χ2n) is 6.28. The summed E-state index contributed by atoms with van der Waals surface area (Å²) in [6, 6.07) is 8.48. The lowest BCUT2D eigenvalue weighted by atomic mass is 9.98. The van der Waals surface area contributed by atoms with Gasteiger partial charge < -0.3 is 5.32 Å². The maximum absolute atomic E-state index is 12.7. The Morgan fingerprint density at radius 2 is 1.92 bits per heavy atom. The molecule has 1 aromatic carbocycles. The Morgan fingerprint density at radius 1 is 1.15 bits per heavy atom. The molecule has 0 aliphatic rings. The molecular weight excluding hydrogens is 360 g/mol. The molecule has 0 unspecified atom stereocenters. The van der Waals surface area contributed by atoms with Crippen LogP contribution in [0.1, 0.15) is 44.4 Å². The van der Waals surface area contributed by atoms with E-state index in [1.165, 1.54) is 16.2 Å². The van der Waals surface area contributed by atoms with Gasteiger partial charge >= 0.3 is 0 Å². The molecule has 5 heteroatoms. The molecule has 0 saturated heterocycles. The minimum absolute atomic E-state index is 0.142. The molecule has 132 valence electrons. The number of nitrogens with zero attached hydrogens (tertiary/aromatic N) is 1. The summed E-state index contributed by atoms with van der Waals surface area (Å²) in [6.45, 7) is 8.16. The summed E-state index contributed by atoms with van der Waals surface area (Å²) in [5.74, 6) is -0.142. The minimum atomic E-state index is -0.142. The largest absolute Gasteiger partial charge is 0.312 e. The first kappa shape index (κ1) is 18.4. The number of aryl methyl sites for hydroxylation is 3. The van der Waals surface area contributed by atoms with E-state index in [2.05, 4.69) is 36.5 Å². The van der Waals surface area contributed by atoms with Crippen molar-refractivity contribution in [2.45, 2.75) is 34.1 Å². The molecule has 2 aromatic heterocycles. The molecule has 2 heterocycles. The van der Waals surface area contributed by atoms with Gasteiger partial charge in [0.1, 0.15) is 11.1 Å². The van der Waals surface area contributed by atoms with Crippen LogP contribution in [0, 0.1) is 32.1 Å². The highest BCUT2D eigenvalue weighted by Crippen LogP contribution is 2.37. The van der Waals surface area contributed by atoms with Gasteiger partial charge in [-0.15, -0.1) is 22.7 Å². The summed E-state index contributed by atoms with van der Waals surface area (Å²) < 4.78 is 0. The summed E-state index contributed by atoms with van der Waals surface area (Å²) in [5, 5.41) is 17.1. The van der Waals surface area contributed by atoms with Crippen LogP contribution in [-0.4, -0.2) is 5.91 Å². The Hall–Kier alpha value is -2.42. The van der Waals surface area contributed by atoms with Crippen molar-refractivity contribution in [3.8, 4) is 17.2 Å². The van der Waals surface area contributed by atoms with E-state index in [1.54, 1.807) is 11.3 Å². The fourth-order valence-electron chi connectivity index (χ4n) is 3.06. The van der Waals surface area contributed by atoms with Gasteiger partial charge in [0.15, 0.2) is 0 Å². The Morgan fingerprint density at radius 3 is 2.62 bits per heavy atom. The van der Waals surface area contributed by atoms with E-state index in [-0.39, 0.29) is 5.91 Å². The number of anilines is 1. The molecule has 0 bridgehead atoms. The van der Waals surface area contributed by atoms with Crippen LogP contribution >= 0.6 is 22.7 Å². The fourth-order valence-corrected chi connectivity index (χ4v) is 4.91. The lowest BCUT2D eigenvalue weighted by molar-refractivity contribution is 0.102. The zero-order chi connectivity index (χ0) is 18.8. The molecule has 0 saturated carbocycles. The molecule has 3 rings (SSSR count). The highest BCUT2D eigenvalue weighted by atomic mass is 32.1. The second kappa shape index (κ2) is 7.45. The molecule has 0 aliphatic heterocycles. The van der Waals surface area contributed by atoms with Crippen LogP contribution in [0.5, 0.6) is 0 Å². The molecule has 1 amide bonds. The summed E-state index contributed by atoms with van der Waals surface area (Å²) in [4.78, 5) is 13.9. The number of rotatable bonds is 4. The number of hydrogen-bond donors (Lipinski definition) is 1. The van der Waals surface area contributed by atoms with Crippen molar-refractivity contribution in [1.29, 1.82) is 5.26 Å². The monoisotopic (exact) mass is 380 g/mol. The zero-order valence-corrected chi connectivity index (χ0v) is 16.9. The van der Waals surface area contributed by atoms with Gasteiger partial charge in [-0.25, -0.2) is 0 Å². The molecule has 1 N–H and O–H groups in total. The van der Waals surface area contributed by atoms with Crippen LogP contribution in [0.15, 0.2) is 29.0 Å². The smallest absolute Gasteiger partial charge is 0.257 e.